The smallest absolute Gasteiger partial charge is 0.317 e. The van der Waals surface area contributed by atoms with Gasteiger partial charge in [-0.25, -0.2) is 0 Å². The molecule has 0 saturated heterocycles. The molecule has 0 fully saturated rings. The first-order valence-electron chi connectivity index (χ1n) is 4.05. The molecule has 0 spiro atoms. The lowest BCUT2D eigenvalue weighted by Crippen LogP contribution is -2.02. The second kappa shape index (κ2) is 6.46. The van der Waals surface area contributed by atoms with Crippen molar-refractivity contribution >= 4 is 54.7 Å². The molecule has 0 aliphatic heterocycles. The van der Waals surface area contributed by atoms with Crippen LogP contribution in [0.3, 0.4) is 0 Å². The lowest BCUT2D eigenvalue weighted by Gasteiger charge is -2.15. The van der Waals surface area contributed by atoms with Crippen molar-refractivity contribution in [1.29, 1.82) is 0 Å². The minimum atomic E-state index is -3.10. The molecule has 0 radical (unpaired) electrons. The van der Waals surface area contributed by atoms with Crippen LogP contribution in [-0.2, 0) is 9.09 Å². The molecule has 0 bridgehead atoms. The maximum absolute atomic E-state index is 10.6. The molecule has 1 N–H and O–H groups in total. The molecule has 16 heavy (non-hydrogen) atoms. The van der Waals surface area contributed by atoms with E-state index in [0.717, 1.165) is 0 Å². The molecule has 90 valence electrons. The van der Waals surface area contributed by atoms with Gasteiger partial charge in [0.1, 0.15) is 6.10 Å². The number of rotatable bonds is 4. The summed E-state index contributed by atoms with van der Waals surface area (Å²) in [5, 5.41) is 0.848. The van der Waals surface area contributed by atoms with Crippen LogP contribution >= 0.6 is 54.7 Å². The van der Waals surface area contributed by atoms with Crippen LogP contribution in [0.25, 0.3) is 0 Å². The molecule has 0 aliphatic rings. The average molecular weight is 324 g/mol. The number of alkyl halides is 1. The summed E-state index contributed by atoms with van der Waals surface area (Å²) < 4.78 is 15.4. The quantitative estimate of drug-likeness (QED) is 0.510. The van der Waals surface area contributed by atoms with E-state index in [9.17, 15) is 4.57 Å². The van der Waals surface area contributed by atoms with Crippen LogP contribution in [0.5, 0.6) is 0 Å². The van der Waals surface area contributed by atoms with Crippen molar-refractivity contribution in [3.63, 3.8) is 0 Å². The zero-order valence-electron chi connectivity index (χ0n) is 7.71. The fraction of sp³-hybridized carbons (Fsp3) is 0.250. The predicted octanol–water partition coefficient (Wildman–Crippen LogP) is 4.33. The van der Waals surface area contributed by atoms with Gasteiger partial charge in [0.05, 0.1) is 15.9 Å². The van der Waals surface area contributed by atoms with Crippen LogP contribution in [0.1, 0.15) is 11.7 Å². The standard InChI is InChI=1S/C8H7Cl4O3P/c9-3-8(15-16(13)14)4-1-6(11)7(12)2-5(4)10/h1-2,8,16H,3H2,(H,13,14). The number of hydrogen-bond donors (Lipinski definition) is 1. The van der Waals surface area contributed by atoms with Crippen LogP contribution in [0, 0.1) is 0 Å². The third kappa shape index (κ3) is 3.78. The van der Waals surface area contributed by atoms with E-state index in [0.29, 0.717) is 10.6 Å². The molecule has 0 amide bonds. The van der Waals surface area contributed by atoms with E-state index in [4.69, 9.17) is 55.8 Å². The Morgan fingerprint density at radius 3 is 2.31 bits per heavy atom. The van der Waals surface area contributed by atoms with Gasteiger partial charge in [0.2, 0.25) is 0 Å². The number of halogens is 4. The third-order valence-electron chi connectivity index (χ3n) is 1.77. The lowest BCUT2D eigenvalue weighted by molar-refractivity contribution is 0.212. The zero-order valence-corrected chi connectivity index (χ0v) is 11.7. The van der Waals surface area contributed by atoms with E-state index in [1.54, 1.807) is 0 Å². The summed E-state index contributed by atoms with van der Waals surface area (Å²) in [6.45, 7) is 0. The maximum atomic E-state index is 10.6. The molecule has 1 aromatic carbocycles. The summed E-state index contributed by atoms with van der Waals surface area (Å²) in [5.41, 5.74) is 0.429. The van der Waals surface area contributed by atoms with Gasteiger partial charge in [-0.2, -0.15) is 0 Å². The summed E-state index contributed by atoms with van der Waals surface area (Å²) in [4.78, 5) is 8.69. The van der Waals surface area contributed by atoms with Crippen LogP contribution in [0.2, 0.25) is 15.1 Å². The van der Waals surface area contributed by atoms with Gasteiger partial charge >= 0.3 is 8.25 Å². The van der Waals surface area contributed by atoms with Gasteiger partial charge in [0.25, 0.3) is 0 Å². The van der Waals surface area contributed by atoms with Gasteiger partial charge in [-0.3, -0.25) is 4.57 Å². The van der Waals surface area contributed by atoms with Crippen LogP contribution < -0.4 is 0 Å². The minimum absolute atomic E-state index is 0.0192. The highest BCUT2D eigenvalue weighted by molar-refractivity contribution is 7.32. The van der Waals surface area contributed by atoms with E-state index in [1.807, 2.05) is 0 Å². The van der Waals surface area contributed by atoms with Crippen LogP contribution in [-0.4, -0.2) is 10.8 Å². The maximum Gasteiger partial charge on any atom is 0.317 e. The van der Waals surface area contributed by atoms with E-state index in [-0.39, 0.29) is 15.9 Å². The Hall–Kier alpha value is 0.530. The molecule has 2 atom stereocenters. The van der Waals surface area contributed by atoms with Crippen molar-refractivity contribution < 1.29 is 14.0 Å². The van der Waals surface area contributed by atoms with Gasteiger partial charge in [-0.05, 0) is 12.1 Å². The molecule has 2 unspecified atom stereocenters. The van der Waals surface area contributed by atoms with E-state index in [1.165, 1.54) is 12.1 Å². The van der Waals surface area contributed by atoms with Crippen molar-refractivity contribution in [3.8, 4) is 0 Å². The molecule has 0 heterocycles. The molecule has 0 saturated carbocycles. The molecule has 0 aromatic heterocycles. The van der Waals surface area contributed by atoms with Crippen LogP contribution in [0.15, 0.2) is 12.1 Å². The van der Waals surface area contributed by atoms with Crippen molar-refractivity contribution in [1.82, 2.24) is 0 Å². The Balaban J connectivity index is 3.09. The molecule has 8 heteroatoms. The Morgan fingerprint density at radius 2 is 1.81 bits per heavy atom. The number of benzene rings is 1. The summed E-state index contributed by atoms with van der Waals surface area (Å²) in [5.74, 6) is -0.0192. The monoisotopic (exact) mass is 322 g/mol. The van der Waals surface area contributed by atoms with Gasteiger partial charge in [0.15, 0.2) is 0 Å². The van der Waals surface area contributed by atoms with Crippen molar-refractivity contribution in [2.24, 2.45) is 0 Å². The minimum Gasteiger partial charge on any atom is -0.326 e. The molecule has 0 aliphatic carbocycles. The normalized spacial score (nSPS) is 14.8. The highest BCUT2D eigenvalue weighted by Crippen LogP contribution is 2.37. The van der Waals surface area contributed by atoms with Crippen LogP contribution in [0.4, 0.5) is 0 Å². The fourth-order valence-electron chi connectivity index (χ4n) is 1.08. The van der Waals surface area contributed by atoms with Crippen molar-refractivity contribution in [2.75, 3.05) is 5.88 Å². The summed E-state index contributed by atoms with van der Waals surface area (Å²) in [6, 6.07) is 2.89. The van der Waals surface area contributed by atoms with Crippen molar-refractivity contribution in [3.05, 3.63) is 32.8 Å². The second-order valence-electron chi connectivity index (χ2n) is 2.81. The average Bonchev–Trinajstić information content (AvgIpc) is 2.20. The first-order chi connectivity index (χ1) is 7.45. The van der Waals surface area contributed by atoms with Gasteiger partial charge in [-0.1, -0.05) is 34.8 Å². The predicted molar refractivity (Wildman–Crippen MR) is 67.2 cm³/mol. The Labute approximate surface area is 113 Å². The highest BCUT2D eigenvalue weighted by Gasteiger charge is 2.18. The first kappa shape index (κ1) is 14.6. The van der Waals surface area contributed by atoms with Gasteiger partial charge in [-0.15, -0.1) is 11.6 Å². The largest absolute Gasteiger partial charge is 0.326 e. The molecular weight excluding hydrogens is 317 g/mol. The summed E-state index contributed by atoms with van der Waals surface area (Å²) >= 11 is 23.1. The summed E-state index contributed by atoms with van der Waals surface area (Å²) in [7, 11) is -3.10. The van der Waals surface area contributed by atoms with Crippen molar-refractivity contribution in [2.45, 2.75) is 6.10 Å². The zero-order chi connectivity index (χ0) is 12.3. The first-order valence-corrected chi connectivity index (χ1v) is 6.99. The Bertz CT molecular complexity index is 413. The topological polar surface area (TPSA) is 46.5 Å². The van der Waals surface area contributed by atoms with E-state index < -0.39 is 14.4 Å². The summed E-state index contributed by atoms with van der Waals surface area (Å²) in [6.07, 6.45) is -0.791. The highest BCUT2D eigenvalue weighted by atomic mass is 35.5. The van der Waals surface area contributed by atoms with E-state index in [2.05, 4.69) is 0 Å². The van der Waals surface area contributed by atoms with Gasteiger partial charge in [0, 0.05) is 10.6 Å². The second-order valence-corrected chi connectivity index (χ2v) is 5.11. The Kier molecular flexibility index (Phi) is 5.89. The van der Waals surface area contributed by atoms with E-state index >= 15 is 0 Å². The number of hydrogen-bond acceptors (Lipinski definition) is 2. The molecular formula is C8H7Cl4O3P. The molecule has 3 nitrogen and oxygen atoms in total. The third-order valence-corrected chi connectivity index (χ3v) is 3.59. The fourth-order valence-corrected chi connectivity index (χ4v) is 2.55. The van der Waals surface area contributed by atoms with Gasteiger partial charge < -0.3 is 9.42 Å². The Morgan fingerprint density at radius 1 is 1.25 bits per heavy atom. The SMILES string of the molecule is O=[PH](O)OC(CCl)c1cc(Cl)c(Cl)cc1Cl. The molecule has 1 rings (SSSR count). The molecule has 1 aromatic rings. The lowest BCUT2D eigenvalue weighted by atomic mass is 10.1.